The van der Waals surface area contributed by atoms with Crippen LogP contribution in [0.3, 0.4) is 0 Å². The second-order valence-corrected chi connectivity index (χ2v) is 9.14. The zero-order chi connectivity index (χ0) is 26.4. The van der Waals surface area contributed by atoms with Crippen LogP contribution in [0.1, 0.15) is 23.5 Å². The van der Waals surface area contributed by atoms with Gasteiger partial charge in [0.15, 0.2) is 0 Å². The van der Waals surface area contributed by atoms with Crippen LogP contribution in [0, 0.1) is 12.3 Å². The lowest BCUT2D eigenvalue weighted by Gasteiger charge is -2.48. The highest BCUT2D eigenvalue weighted by Crippen LogP contribution is 2.40. The van der Waals surface area contributed by atoms with E-state index in [1.807, 2.05) is 6.92 Å². The molecule has 1 spiro atoms. The number of rotatable bonds is 4. The average Bonchev–Trinajstić information content (AvgIpc) is 3.44. The second kappa shape index (κ2) is 11.4. The number of halogens is 6. The van der Waals surface area contributed by atoms with Crippen molar-refractivity contribution in [2.45, 2.75) is 38.8 Å². The molecule has 0 aromatic carbocycles. The van der Waals surface area contributed by atoms with Crippen molar-refractivity contribution in [3.63, 3.8) is 0 Å². The van der Waals surface area contributed by atoms with Crippen molar-refractivity contribution in [2.24, 2.45) is 5.41 Å². The van der Waals surface area contributed by atoms with Gasteiger partial charge in [-0.05, 0) is 54.4 Å². The van der Waals surface area contributed by atoms with Crippen LogP contribution in [-0.4, -0.2) is 70.5 Å². The fraction of sp³-hybridized carbons (Fsp3) is 0.524. The fourth-order valence-corrected chi connectivity index (χ4v) is 4.53. The molecular formula is C21H24F6N2O5S. The predicted molar refractivity (Wildman–Crippen MR) is 113 cm³/mol. The lowest BCUT2D eigenvalue weighted by Crippen LogP contribution is -2.56. The highest BCUT2D eigenvalue weighted by molar-refractivity contribution is 7.07. The first-order valence-corrected chi connectivity index (χ1v) is 11.2. The van der Waals surface area contributed by atoms with E-state index in [0.717, 1.165) is 24.6 Å². The van der Waals surface area contributed by atoms with Crippen LogP contribution < -0.4 is 0 Å². The summed E-state index contributed by atoms with van der Waals surface area (Å²) < 4.78 is 69.2. The lowest BCUT2D eigenvalue weighted by molar-refractivity contribution is -0.193. The predicted octanol–water partition coefficient (Wildman–Crippen LogP) is 4.62. The zero-order valence-corrected chi connectivity index (χ0v) is 19.3. The van der Waals surface area contributed by atoms with Crippen molar-refractivity contribution >= 4 is 23.3 Å². The third kappa shape index (κ3) is 9.18. The van der Waals surface area contributed by atoms with Crippen LogP contribution in [0.2, 0.25) is 0 Å². The number of hydrogen-bond donors (Lipinski definition) is 2. The minimum Gasteiger partial charge on any atom is -0.475 e. The molecule has 0 atom stereocenters. The van der Waals surface area contributed by atoms with Gasteiger partial charge in [0.2, 0.25) is 0 Å². The maximum Gasteiger partial charge on any atom is 0.490 e. The number of carbonyl (C=O) groups is 2. The van der Waals surface area contributed by atoms with Crippen molar-refractivity contribution in [1.82, 2.24) is 9.80 Å². The molecule has 4 heterocycles. The van der Waals surface area contributed by atoms with Crippen LogP contribution in [-0.2, 0) is 22.7 Å². The van der Waals surface area contributed by atoms with Crippen molar-refractivity contribution in [2.75, 3.05) is 26.2 Å². The summed E-state index contributed by atoms with van der Waals surface area (Å²) in [5.74, 6) is -3.39. The average molecular weight is 530 g/mol. The zero-order valence-electron chi connectivity index (χ0n) is 18.5. The van der Waals surface area contributed by atoms with E-state index in [-0.39, 0.29) is 0 Å². The number of nitrogens with zero attached hydrogens (tertiary/aromatic N) is 2. The normalized spacial score (nSPS) is 17.7. The molecule has 0 radical (unpaired) electrons. The van der Waals surface area contributed by atoms with E-state index in [1.54, 1.807) is 11.3 Å². The van der Waals surface area contributed by atoms with Crippen LogP contribution >= 0.6 is 11.3 Å². The number of furan rings is 1. The summed E-state index contributed by atoms with van der Waals surface area (Å²) in [6.45, 7) is 9.09. The maximum atomic E-state index is 10.6. The van der Waals surface area contributed by atoms with E-state index < -0.39 is 24.3 Å². The topological polar surface area (TPSA) is 94.2 Å². The summed E-state index contributed by atoms with van der Waals surface area (Å²) in [6.07, 6.45) is -8.81. The van der Waals surface area contributed by atoms with Crippen molar-refractivity contribution in [1.29, 1.82) is 0 Å². The molecule has 0 bridgehead atoms. The van der Waals surface area contributed by atoms with E-state index in [0.29, 0.717) is 5.41 Å². The Balaban J connectivity index is 0.000000257. The van der Waals surface area contributed by atoms with E-state index in [4.69, 9.17) is 24.2 Å². The van der Waals surface area contributed by atoms with E-state index in [1.165, 1.54) is 38.2 Å². The van der Waals surface area contributed by atoms with Gasteiger partial charge in [-0.2, -0.15) is 37.7 Å². The number of carboxylic acids is 2. The van der Waals surface area contributed by atoms with Crippen molar-refractivity contribution in [3.8, 4) is 0 Å². The van der Waals surface area contributed by atoms with Crippen LogP contribution in [0.25, 0.3) is 0 Å². The SMILES string of the molecule is Cc1ccc(CN2CC3(CCN(Cc4ccsc4)C3)C2)o1.O=C(O)C(F)(F)F.O=C(O)C(F)(F)F. The lowest BCUT2D eigenvalue weighted by atomic mass is 9.79. The maximum absolute atomic E-state index is 10.6. The molecule has 2 aromatic rings. The van der Waals surface area contributed by atoms with E-state index in [9.17, 15) is 26.3 Å². The molecule has 4 rings (SSSR count). The first kappa shape index (κ1) is 28.7. The molecule has 2 aliphatic rings. The summed E-state index contributed by atoms with van der Waals surface area (Å²) >= 11 is 1.80. The first-order valence-electron chi connectivity index (χ1n) is 10.2. The largest absolute Gasteiger partial charge is 0.490 e. The van der Waals surface area contributed by atoms with Crippen LogP contribution in [0.15, 0.2) is 33.4 Å². The van der Waals surface area contributed by atoms with Gasteiger partial charge in [-0.25, -0.2) is 9.59 Å². The third-order valence-electron chi connectivity index (χ3n) is 5.28. The fourth-order valence-electron chi connectivity index (χ4n) is 3.87. The highest BCUT2D eigenvalue weighted by Gasteiger charge is 2.47. The molecule has 35 heavy (non-hydrogen) atoms. The van der Waals surface area contributed by atoms with Crippen molar-refractivity contribution in [3.05, 3.63) is 46.0 Å². The number of likely N-dealkylation sites (tertiary alicyclic amines) is 2. The Kier molecular flexibility index (Phi) is 9.36. The first-order chi connectivity index (χ1) is 16.1. The Morgan fingerprint density at radius 3 is 1.94 bits per heavy atom. The molecule has 2 saturated heterocycles. The summed E-state index contributed by atoms with van der Waals surface area (Å²) in [6, 6.07) is 6.42. The Hall–Kier alpha value is -2.58. The highest BCUT2D eigenvalue weighted by atomic mass is 32.1. The Bertz CT molecular complexity index is 944. The molecule has 0 amide bonds. The quantitative estimate of drug-likeness (QED) is 0.557. The third-order valence-corrected chi connectivity index (χ3v) is 6.01. The van der Waals surface area contributed by atoms with Crippen LogP contribution in [0.4, 0.5) is 26.3 Å². The molecule has 2 N–H and O–H groups in total. The summed E-state index contributed by atoms with van der Waals surface area (Å²) in [7, 11) is 0. The molecule has 0 aliphatic carbocycles. The number of thiophene rings is 1. The Labute approximate surface area is 200 Å². The minimum absolute atomic E-state index is 0.553. The van der Waals surface area contributed by atoms with Gasteiger partial charge in [0, 0.05) is 31.6 Å². The van der Waals surface area contributed by atoms with Gasteiger partial charge in [-0.1, -0.05) is 0 Å². The van der Waals surface area contributed by atoms with Gasteiger partial charge >= 0.3 is 24.3 Å². The number of aliphatic carboxylic acids is 2. The smallest absolute Gasteiger partial charge is 0.475 e. The Morgan fingerprint density at radius 2 is 1.51 bits per heavy atom. The molecular weight excluding hydrogens is 506 g/mol. The van der Waals surface area contributed by atoms with Gasteiger partial charge in [-0.15, -0.1) is 0 Å². The summed E-state index contributed by atoms with van der Waals surface area (Å²) in [5, 5.41) is 18.7. The van der Waals surface area contributed by atoms with Crippen molar-refractivity contribution < 1.29 is 50.6 Å². The molecule has 0 unspecified atom stereocenters. The van der Waals surface area contributed by atoms with Crippen LogP contribution in [0.5, 0.6) is 0 Å². The van der Waals surface area contributed by atoms with Gasteiger partial charge in [0.1, 0.15) is 11.5 Å². The number of alkyl halides is 6. The minimum atomic E-state index is -5.08. The Morgan fingerprint density at radius 1 is 0.971 bits per heavy atom. The molecule has 2 fully saturated rings. The number of carboxylic acid groups (broad SMARTS) is 2. The molecule has 14 heteroatoms. The van der Waals surface area contributed by atoms with Gasteiger partial charge < -0.3 is 14.6 Å². The van der Waals surface area contributed by atoms with Gasteiger partial charge in [-0.3, -0.25) is 9.80 Å². The van der Waals surface area contributed by atoms with Gasteiger partial charge in [0.25, 0.3) is 0 Å². The monoisotopic (exact) mass is 530 g/mol. The van der Waals surface area contributed by atoms with E-state index >= 15 is 0 Å². The molecule has 0 saturated carbocycles. The molecule has 196 valence electrons. The summed E-state index contributed by atoms with van der Waals surface area (Å²) in [4.78, 5) is 22.9. The second-order valence-electron chi connectivity index (χ2n) is 8.36. The molecule has 7 nitrogen and oxygen atoms in total. The molecule has 2 aromatic heterocycles. The number of aryl methyl sites for hydroxylation is 1. The number of hydrogen-bond acceptors (Lipinski definition) is 6. The standard InChI is InChI=1S/C17H22N2OS.2C2HF3O2/c1-14-2-3-16(20-14)9-19-12-17(13-19)5-6-18(11-17)8-15-4-7-21-10-15;2*3-2(4,5)1(6)7/h2-4,7,10H,5-6,8-9,11-13H2,1H3;2*(H,6,7). The van der Waals surface area contributed by atoms with E-state index in [2.05, 4.69) is 38.8 Å². The van der Waals surface area contributed by atoms with Gasteiger partial charge in [0.05, 0.1) is 6.54 Å². The summed E-state index contributed by atoms with van der Waals surface area (Å²) in [5.41, 5.74) is 2.02. The molecule has 2 aliphatic heterocycles.